The molecule has 0 saturated carbocycles. The summed E-state index contributed by atoms with van der Waals surface area (Å²) in [6.45, 7) is 4.62. The molecule has 0 amide bonds. The van der Waals surface area contributed by atoms with Crippen molar-refractivity contribution < 1.29 is 80.2 Å². The van der Waals surface area contributed by atoms with Gasteiger partial charge in [-0.05, 0) is 51.4 Å². The van der Waals surface area contributed by atoms with Crippen molar-refractivity contribution in [2.24, 2.45) is 0 Å². The van der Waals surface area contributed by atoms with Crippen LogP contribution in [0.5, 0.6) is 0 Å². The fourth-order valence-electron chi connectivity index (χ4n) is 8.56. The Hall–Kier alpha value is -2.46. The first kappa shape index (κ1) is 77.5. The lowest BCUT2D eigenvalue weighted by molar-refractivity contribution is -0.161. The zero-order chi connectivity index (χ0) is 59.1. The van der Waals surface area contributed by atoms with E-state index in [0.717, 1.165) is 109 Å². The molecular formula is C61H114O17P2. The van der Waals surface area contributed by atoms with Gasteiger partial charge in [0.05, 0.1) is 26.4 Å². The van der Waals surface area contributed by atoms with Crippen LogP contribution in [-0.2, 0) is 65.4 Å². The minimum absolute atomic E-state index is 0.0855. The number of rotatable bonds is 60. The number of carbonyl (C=O) groups is 4. The Kier molecular flexibility index (Phi) is 54.0. The van der Waals surface area contributed by atoms with E-state index in [2.05, 4.69) is 52.0 Å². The number of phosphoric acid groups is 2. The molecule has 0 rings (SSSR count). The van der Waals surface area contributed by atoms with Gasteiger partial charge in [0.1, 0.15) is 19.3 Å². The second-order valence-electron chi connectivity index (χ2n) is 21.4. The molecule has 0 saturated heterocycles. The van der Waals surface area contributed by atoms with Gasteiger partial charge < -0.3 is 33.8 Å². The largest absolute Gasteiger partial charge is 0.472 e. The van der Waals surface area contributed by atoms with Crippen molar-refractivity contribution in [1.82, 2.24) is 0 Å². The van der Waals surface area contributed by atoms with Gasteiger partial charge in [-0.25, -0.2) is 9.13 Å². The standard InChI is InChI=1S/C61H114O17P2/c1-5-9-13-17-19-21-23-25-27-29-31-33-35-39-42-46-59(64)72-52-57(78-61(66)48-44-40-36-34-32-30-28-26-24-22-20-18-14-10-6-2)54-76-80(69,70)74-50-55(62)49-73-79(67,68)75-53-56(77-60(65)47-43-38-16-12-8-4)51-71-58(63)45-41-37-15-11-7-3/h22,24,26,28,55-57,62H,5-21,23,25,27,29-54H2,1-4H3,(H,67,68)(H,69,70)/b24-22-,28-26-/t55-,56+,57+/m0/s1. The van der Waals surface area contributed by atoms with Gasteiger partial charge in [0.15, 0.2) is 12.2 Å². The minimum atomic E-state index is -4.95. The van der Waals surface area contributed by atoms with E-state index in [9.17, 15) is 43.2 Å². The molecule has 17 nitrogen and oxygen atoms in total. The molecular weight excluding hydrogens is 1070 g/mol. The molecule has 0 heterocycles. The molecule has 0 fully saturated rings. The summed E-state index contributed by atoms with van der Waals surface area (Å²) in [6, 6.07) is 0. The maximum atomic E-state index is 12.9. The second-order valence-corrected chi connectivity index (χ2v) is 24.3. The highest BCUT2D eigenvalue weighted by Gasteiger charge is 2.30. The summed E-state index contributed by atoms with van der Waals surface area (Å²) in [5, 5.41) is 10.5. The zero-order valence-electron chi connectivity index (χ0n) is 50.5. The average Bonchev–Trinajstić information content (AvgIpc) is 3.43. The Morgan fingerprint density at radius 2 is 0.600 bits per heavy atom. The lowest BCUT2D eigenvalue weighted by Crippen LogP contribution is -2.30. The average molecular weight is 1180 g/mol. The molecule has 0 aliphatic heterocycles. The molecule has 470 valence electrons. The van der Waals surface area contributed by atoms with E-state index in [4.69, 9.17) is 37.0 Å². The summed E-state index contributed by atoms with van der Waals surface area (Å²) in [7, 11) is -9.87. The molecule has 5 atom stereocenters. The van der Waals surface area contributed by atoms with Gasteiger partial charge in [0.25, 0.3) is 0 Å². The lowest BCUT2D eigenvalue weighted by atomic mass is 10.0. The number of esters is 4. The Morgan fingerprint density at radius 1 is 0.350 bits per heavy atom. The predicted octanol–water partition coefficient (Wildman–Crippen LogP) is 16.3. The number of carbonyl (C=O) groups excluding carboxylic acids is 4. The summed E-state index contributed by atoms with van der Waals surface area (Å²) in [5.41, 5.74) is 0. The highest BCUT2D eigenvalue weighted by Crippen LogP contribution is 2.45. The van der Waals surface area contributed by atoms with Crippen molar-refractivity contribution in [2.75, 3.05) is 39.6 Å². The van der Waals surface area contributed by atoms with Crippen molar-refractivity contribution >= 4 is 39.5 Å². The van der Waals surface area contributed by atoms with E-state index < -0.39 is 97.5 Å². The summed E-state index contributed by atoms with van der Waals surface area (Å²) < 4.78 is 67.4. The van der Waals surface area contributed by atoms with E-state index in [1.54, 1.807) is 0 Å². The zero-order valence-corrected chi connectivity index (χ0v) is 52.3. The van der Waals surface area contributed by atoms with E-state index in [1.807, 2.05) is 0 Å². The van der Waals surface area contributed by atoms with Crippen molar-refractivity contribution in [3.8, 4) is 0 Å². The van der Waals surface area contributed by atoms with E-state index >= 15 is 0 Å². The molecule has 0 aliphatic rings. The van der Waals surface area contributed by atoms with Crippen LogP contribution < -0.4 is 0 Å². The van der Waals surface area contributed by atoms with Crippen LogP contribution in [0.1, 0.15) is 285 Å². The molecule has 80 heavy (non-hydrogen) atoms. The Morgan fingerprint density at radius 3 is 0.912 bits per heavy atom. The first-order valence-electron chi connectivity index (χ1n) is 31.6. The molecule has 3 N–H and O–H groups in total. The molecule has 0 radical (unpaired) electrons. The molecule has 0 spiro atoms. The van der Waals surface area contributed by atoms with E-state index in [1.165, 1.54) is 96.3 Å². The first-order chi connectivity index (χ1) is 38.7. The smallest absolute Gasteiger partial charge is 0.462 e. The summed E-state index contributed by atoms with van der Waals surface area (Å²) in [6.07, 6.45) is 43.3. The second kappa shape index (κ2) is 55.7. The van der Waals surface area contributed by atoms with Crippen LogP contribution in [0.15, 0.2) is 24.3 Å². The van der Waals surface area contributed by atoms with Gasteiger partial charge in [0, 0.05) is 25.7 Å². The number of aliphatic hydroxyl groups excluding tert-OH is 1. The Bertz CT molecular complexity index is 1640. The van der Waals surface area contributed by atoms with Crippen molar-refractivity contribution in [3.05, 3.63) is 24.3 Å². The van der Waals surface area contributed by atoms with E-state index in [0.29, 0.717) is 25.7 Å². The number of ether oxygens (including phenoxy) is 4. The highest BCUT2D eigenvalue weighted by molar-refractivity contribution is 7.47. The van der Waals surface area contributed by atoms with Gasteiger partial charge in [-0.2, -0.15) is 0 Å². The number of hydrogen-bond donors (Lipinski definition) is 3. The third-order valence-corrected chi connectivity index (χ3v) is 15.4. The predicted molar refractivity (Wildman–Crippen MR) is 317 cm³/mol. The Balaban J connectivity index is 5.15. The normalized spacial score (nSPS) is 14.4. The van der Waals surface area contributed by atoms with E-state index in [-0.39, 0.29) is 25.7 Å². The summed E-state index contributed by atoms with van der Waals surface area (Å²) in [4.78, 5) is 71.5. The summed E-state index contributed by atoms with van der Waals surface area (Å²) in [5.74, 6) is -2.19. The van der Waals surface area contributed by atoms with Gasteiger partial charge in [0.2, 0.25) is 0 Å². The SMILES string of the molecule is CCCCCC/C=C\C=C/CCCCCCCC(=O)O[C@H](COC(=O)CCCCCCCCCCCCCCCCC)COP(=O)(O)OC[C@@H](O)COP(=O)(O)OC[C@@H](COC(=O)CCCCCCC)OC(=O)CCCCCCC. The van der Waals surface area contributed by atoms with Crippen LogP contribution in [0.3, 0.4) is 0 Å². The number of unbranched alkanes of at least 4 members (excludes halogenated alkanes) is 31. The molecule has 19 heteroatoms. The minimum Gasteiger partial charge on any atom is -0.462 e. The van der Waals surface area contributed by atoms with Crippen molar-refractivity contribution in [3.63, 3.8) is 0 Å². The number of allylic oxidation sites excluding steroid dienone is 4. The fraction of sp³-hybridized carbons (Fsp3) is 0.869. The Labute approximate surface area is 484 Å². The van der Waals surface area contributed by atoms with Gasteiger partial charge in [-0.15, -0.1) is 0 Å². The van der Waals surface area contributed by atoms with Crippen LogP contribution in [0.25, 0.3) is 0 Å². The quantitative estimate of drug-likeness (QED) is 0.0169. The molecule has 2 unspecified atom stereocenters. The van der Waals surface area contributed by atoms with Crippen LogP contribution in [0.2, 0.25) is 0 Å². The van der Waals surface area contributed by atoms with Crippen molar-refractivity contribution in [2.45, 2.75) is 303 Å². The van der Waals surface area contributed by atoms with Gasteiger partial charge in [-0.3, -0.25) is 37.3 Å². The molecule has 0 bridgehead atoms. The van der Waals surface area contributed by atoms with Crippen molar-refractivity contribution in [1.29, 1.82) is 0 Å². The fourth-order valence-corrected chi connectivity index (χ4v) is 10.1. The first-order valence-corrected chi connectivity index (χ1v) is 34.6. The molecule has 0 aromatic heterocycles. The number of phosphoric ester groups is 2. The van der Waals surface area contributed by atoms with Gasteiger partial charge in [-0.1, -0.05) is 232 Å². The maximum absolute atomic E-state index is 12.9. The molecule has 0 aliphatic carbocycles. The van der Waals surface area contributed by atoms with Crippen LogP contribution in [-0.4, -0.2) is 96.7 Å². The van der Waals surface area contributed by atoms with Crippen LogP contribution in [0, 0.1) is 0 Å². The molecule has 0 aromatic carbocycles. The van der Waals surface area contributed by atoms with Gasteiger partial charge >= 0.3 is 39.5 Å². The lowest BCUT2D eigenvalue weighted by Gasteiger charge is -2.21. The third-order valence-electron chi connectivity index (χ3n) is 13.5. The maximum Gasteiger partial charge on any atom is 0.472 e. The van der Waals surface area contributed by atoms with Crippen LogP contribution >= 0.6 is 15.6 Å². The third kappa shape index (κ3) is 54.8. The number of hydrogen-bond acceptors (Lipinski definition) is 15. The topological polar surface area (TPSA) is 237 Å². The van der Waals surface area contributed by atoms with Crippen LogP contribution in [0.4, 0.5) is 0 Å². The monoisotopic (exact) mass is 1180 g/mol. The molecule has 0 aromatic rings. The number of aliphatic hydroxyl groups is 1. The summed E-state index contributed by atoms with van der Waals surface area (Å²) >= 11 is 0. The highest BCUT2D eigenvalue weighted by atomic mass is 31.2.